The maximum atomic E-state index is 12.7. The molecule has 0 radical (unpaired) electrons. The molecule has 3 N–H and O–H groups in total. The van der Waals surface area contributed by atoms with Crippen LogP contribution < -0.4 is 11.1 Å². The summed E-state index contributed by atoms with van der Waals surface area (Å²) in [4.78, 5) is 11.4. The predicted molar refractivity (Wildman–Crippen MR) is 65.4 cm³/mol. The summed E-state index contributed by atoms with van der Waals surface area (Å²) in [6.07, 6.45) is 3.56. The minimum atomic E-state index is -2.99. The van der Waals surface area contributed by atoms with E-state index in [0.29, 0.717) is 18.3 Å². The van der Waals surface area contributed by atoms with Gasteiger partial charge in [-0.3, -0.25) is 4.79 Å². The summed E-state index contributed by atoms with van der Waals surface area (Å²) in [5.41, 5.74) is 4.87. The smallest absolute Gasteiger partial charge is 0.277 e. The van der Waals surface area contributed by atoms with E-state index in [1.807, 2.05) is 0 Å². The molecular formula is C11H21ClF2N2O. The second-order valence-electron chi connectivity index (χ2n) is 4.83. The van der Waals surface area contributed by atoms with Crippen LogP contribution >= 0.6 is 12.4 Å². The number of halogens is 3. The highest BCUT2D eigenvalue weighted by atomic mass is 35.5. The largest absolute Gasteiger partial charge is 0.350 e. The van der Waals surface area contributed by atoms with Gasteiger partial charge in [-0.25, -0.2) is 8.78 Å². The molecule has 1 aliphatic rings. The van der Waals surface area contributed by atoms with Gasteiger partial charge in [0.2, 0.25) is 5.91 Å². The molecule has 2 atom stereocenters. The van der Waals surface area contributed by atoms with Crippen molar-refractivity contribution < 1.29 is 13.6 Å². The lowest BCUT2D eigenvalue weighted by molar-refractivity contribution is -0.123. The van der Waals surface area contributed by atoms with Gasteiger partial charge in [0, 0.05) is 6.42 Å². The van der Waals surface area contributed by atoms with Gasteiger partial charge in [-0.1, -0.05) is 13.3 Å². The lowest BCUT2D eigenvalue weighted by Crippen LogP contribution is -2.41. The van der Waals surface area contributed by atoms with Crippen LogP contribution in [-0.2, 0) is 4.79 Å². The van der Waals surface area contributed by atoms with Crippen LogP contribution in [0, 0.1) is 11.8 Å². The Balaban J connectivity index is 0.00000256. The van der Waals surface area contributed by atoms with Crippen LogP contribution in [0.2, 0.25) is 0 Å². The minimum Gasteiger partial charge on any atom is -0.350 e. The Kier molecular flexibility index (Phi) is 6.94. The fraction of sp³-hybridized carbons (Fsp3) is 0.909. The molecule has 3 nitrogen and oxygen atoms in total. The molecule has 0 heterocycles. The van der Waals surface area contributed by atoms with Crippen molar-refractivity contribution in [2.75, 3.05) is 13.1 Å². The Hall–Kier alpha value is -0.420. The second kappa shape index (κ2) is 7.11. The van der Waals surface area contributed by atoms with E-state index in [-0.39, 0.29) is 18.3 Å². The number of carbonyl (C=O) groups is 1. The molecule has 1 saturated carbocycles. The summed E-state index contributed by atoms with van der Waals surface area (Å²) < 4.78 is 25.5. The number of nitrogens with two attached hydrogens (primary N) is 1. The van der Waals surface area contributed by atoms with E-state index < -0.39 is 19.0 Å². The molecule has 1 rings (SSSR count). The zero-order chi connectivity index (χ0) is 12.2. The average molecular weight is 271 g/mol. The van der Waals surface area contributed by atoms with E-state index in [9.17, 15) is 13.6 Å². The first-order valence-electron chi connectivity index (χ1n) is 5.77. The summed E-state index contributed by atoms with van der Waals surface area (Å²) in [6, 6.07) is 0. The summed E-state index contributed by atoms with van der Waals surface area (Å²) in [5, 5.41) is 2.25. The molecule has 17 heavy (non-hydrogen) atoms. The third-order valence-electron chi connectivity index (χ3n) is 3.12. The van der Waals surface area contributed by atoms with Gasteiger partial charge < -0.3 is 11.1 Å². The molecule has 0 aliphatic heterocycles. The number of amides is 1. The first kappa shape index (κ1) is 16.6. The molecule has 0 aromatic carbocycles. The first-order valence-corrected chi connectivity index (χ1v) is 5.77. The number of hydrogen-bond acceptors (Lipinski definition) is 2. The highest BCUT2D eigenvalue weighted by Crippen LogP contribution is 2.32. The lowest BCUT2D eigenvalue weighted by atomic mass is 10.0. The Morgan fingerprint density at radius 2 is 2.12 bits per heavy atom. The molecule has 102 valence electrons. The molecule has 1 amide bonds. The van der Waals surface area contributed by atoms with Crippen LogP contribution in [0.5, 0.6) is 0 Å². The highest BCUT2D eigenvalue weighted by molar-refractivity contribution is 5.85. The molecule has 0 aromatic heterocycles. The molecular weight excluding hydrogens is 250 g/mol. The fourth-order valence-electron chi connectivity index (χ4n) is 2.14. The minimum absolute atomic E-state index is 0. The van der Waals surface area contributed by atoms with E-state index in [4.69, 9.17) is 5.73 Å². The van der Waals surface area contributed by atoms with E-state index >= 15 is 0 Å². The van der Waals surface area contributed by atoms with Gasteiger partial charge in [0.15, 0.2) is 0 Å². The van der Waals surface area contributed by atoms with Gasteiger partial charge in [-0.2, -0.15) is 0 Å². The van der Waals surface area contributed by atoms with E-state index in [1.54, 1.807) is 0 Å². The second-order valence-corrected chi connectivity index (χ2v) is 4.83. The van der Waals surface area contributed by atoms with Crippen molar-refractivity contribution in [3.8, 4) is 0 Å². The van der Waals surface area contributed by atoms with Gasteiger partial charge in [0.1, 0.15) is 0 Å². The summed E-state index contributed by atoms with van der Waals surface area (Å²) in [5.74, 6) is -2.25. The standard InChI is InChI=1S/C11H20F2N2O.ClH/c1-8-2-3-9(4-8)5-10(16)15-7-11(12,13)6-14;/h8-9H,2-7,14H2,1H3,(H,15,16);1H. The molecule has 0 bridgehead atoms. The van der Waals surface area contributed by atoms with Crippen LogP contribution in [0.25, 0.3) is 0 Å². The average Bonchev–Trinajstić information content (AvgIpc) is 2.61. The van der Waals surface area contributed by atoms with Crippen molar-refractivity contribution in [3.63, 3.8) is 0 Å². The first-order chi connectivity index (χ1) is 7.43. The quantitative estimate of drug-likeness (QED) is 0.802. The van der Waals surface area contributed by atoms with Gasteiger partial charge >= 0.3 is 0 Å². The molecule has 1 fully saturated rings. The van der Waals surface area contributed by atoms with Crippen molar-refractivity contribution >= 4 is 18.3 Å². The third kappa shape index (κ3) is 6.17. The van der Waals surface area contributed by atoms with Crippen molar-refractivity contribution in [1.29, 1.82) is 0 Å². The SMILES string of the molecule is CC1CCC(CC(=O)NCC(F)(F)CN)C1.Cl. The lowest BCUT2D eigenvalue weighted by Gasteiger charge is -2.15. The summed E-state index contributed by atoms with van der Waals surface area (Å²) in [7, 11) is 0. The number of nitrogens with one attached hydrogen (secondary N) is 1. The van der Waals surface area contributed by atoms with Crippen molar-refractivity contribution in [3.05, 3.63) is 0 Å². The Labute approximate surface area is 107 Å². The topological polar surface area (TPSA) is 55.1 Å². The monoisotopic (exact) mass is 270 g/mol. The number of rotatable bonds is 5. The fourth-order valence-corrected chi connectivity index (χ4v) is 2.14. The molecule has 0 spiro atoms. The summed E-state index contributed by atoms with van der Waals surface area (Å²) >= 11 is 0. The molecule has 0 aromatic rings. The van der Waals surface area contributed by atoms with Crippen molar-refractivity contribution in [2.45, 2.75) is 38.5 Å². The van der Waals surface area contributed by atoms with Gasteiger partial charge in [-0.15, -0.1) is 12.4 Å². The molecule has 2 unspecified atom stereocenters. The van der Waals surface area contributed by atoms with Crippen LogP contribution in [0.15, 0.2) is 0 Å². The van der Waals surface area contributed by atoms with E-state index in [0.717, 1.165) is 19.3 Å². The molecule has 6 heteroatoms. The number of hydrogen-bond donors (Lipinski definition) is 2. The Bertz CT molecular complexity index is 252. The van der Waals surface area contributed by atoms with Crippen molar-refractivity contribution in [1.82, 2.24) is 5.32 Å². The van der Waals surface area contributed by atoms with Gasteiger partial charge in [-0.05, 0) is 24.7 Å². The highest BCUT2D eigenvalue weighted by Gasteiger charge is 2.28. The Morgan fingerprint density at radius 1 is 1.47 bits per heavy atom. The van der Waals surface area contributed by atoms with E-state index in [1.165, 1.54) is 0 Å². The van der Waals surface area contributed by atoms with Crippen molar-refractivity contribution in [2.24, 2.45) is 17.6 Å². The predicted octanol–water partition coefficient (Wildman–Crippen LogP) is 1.94. The van der Waals surface area contributed by atoms with Crippen LogP contribution in [-0.4, -0.2) is 24.9 Å². The van der Waals surface area contributed by atoms with Crippen LogP contribution in [0.3, 0.4) is 0 Å². The number of carbonyl (C=O) groups excluding carboxylic acids is 1. The van der Waals surface area contributed by atoms with Gasteiger partial charge in [0.25, 0.3) is 5.92 Å². The zero-order valence-electron chi connectivity index (χ0n) is 10.0. The zero-order valence-corrected chi connectivity index (χ0v) is 10.9. The van der Waals surface area contributed by atoms with Crippen LogP contribution in [0.4, 0.5) is 8.78 Å². The van der Waals surface area contributed by atoms with Gasteiger partial charge in [0.05, 0.1) is 13.1 Å². The normalized spacial score (nSPS) is 24.2. The molecule has 0 saturated heterocycles. The van der Waals surface area contributed by atoms with Crippen LogP contribution in [0.1, 0.15) is 32.6 Å². The third-order valence-corrected chi connectivity index (χ3v) is 3.12. The number of alkyl halides is 2. The van der Waals surface area contributed by atoms with E-state index in [2.05, 4.69) is 12.2 Å². The maximum absolute atomic E-state index is 12.7. The Morgan fingerprint density at radius 3 is 2.59 bits per heavy atom. The molecule has 1 aliphatic carbocycles. The summed E-state index contributed by atoms with van der Waals surface area (Å²) in [6.45, 7) is 0.777. The maximum Gasteiger partial charge on any atom is 0.277 e.